The molecule has 0 saturated heterocycles. The molecule has 0 atom stereocenters. The number of aromatic hydroxyl groups is 1. The standard InChI is InChI=1S/C15H10N2O4/c18-13-11-10(7-4-8-16-11)14(19)17-12(13)15(20)21-9-5-2-1-3-6-9/h1-8,18H,(H,17,19). The van der Waals surface area contributed by atoms with Gasteiger partial charge < -0.3 is 14.8 Å². The van der Waals surface area contributed by atoms with Crippen molar-refractivity contribution in [3.63, 3.8) is 0 Å². The third-order valence-electron chi connectivity index (χ3n) is 2.91. The third-order valence-corrected chi connectivity index (χ3v) is 2.91. The van der Waals surface area contributed by atoms with E-state index in [2.05, 4.69) is 9.97 Å². The first-order valence-electron chi connectivity index (χ1n) is 6.14. The monoisotopic (exact) mass is 282 g/mol. The predicted molar refractivity (Wildman–Crippen MR) is 75.4 cm³/mol. The lowest BCUT2D eigenvalue weighted by molar-refractivity contribution is 0.0725. The van der Waals surface area contributed by atoms with Crippen LogP contribution in [-0.2, 0) is 0 Å². The van der Waals surface area contributed by atoms with Crippen LogP contribution in [0.5, 0.6) is 11.5 Å². The number of nitrogens with zero attached hydrogens (tertiary/aromatic N) is 1. The zero-order valence-corrected chi connectivity index (χ0v) is 10.7. The molecule has 0 aliphatic carbocycles. The van der Waals surface area contributed by atoms with Gasteiger partial charge in [-0.2, -0.15) is 0 Å². The van der Waals surface area contributed by atoms with Crippen LogP contribution in [0.4, 0.5) is 0 Å². The topological polar surface area (TPSA) is 92.3 Å². The molecule has 0 fully saturated rings. The van der Waals surface area contributed by atoms with E-state index in [0.29, 0.717) is 5.75 Å². The summed E-state index contributed by atoms with van der Waals surface area (Å²) in [6.45, 7) is 0. The van der Waals surface area contributed by atoms with Gasteiger partial charge in [0.05, 0.1) is 5.39 Å². The summed E-state index contributed by atoms with van der Waals surface area (Å²) in [7, 11) is 0. The molecule has 0 saturated carbocycles. The van der Waals surface area contributed by atoms with Crippen LogP contribution in [0.25, 0.3) is 10.9 Å². The number of fused-ring (bicyclic) bond motifs is 1. The summed E-state index contributed by atoms with van der Waals surface area (Å²) in [5.41, 5.74) is -0.785. The van der Waals surface area contributed by atoms with Gasteiger partial charge in [0.1, 0.15) is 11.3 Å². The van der Waals surface area contributed by atoms with Gasteiger partial charge in [-0.05, 0) is 24.3 Å². The number of carbonyl (C=O) groups is 1. The summed E-state index contributed by atoms with van der Waals surface area (Å²) < 4.78 is 5.09. The summed E-state index contributed by atoms with van der Waals surface area (Å²) in [6.07, 6.45) is 1.42. The molecule has 0 radical (unpaired) electrons. The lowest BCUT2D eigenvalue weighted by atomic mass is 10.2. The first-order chi connectivity index (χ1) is 10.2. The molecule has 0 bridgehead atoms. The first-order valence-corrected chi connectivity index (χ1v) is 6.14. The van der Waals surface area contributed by atoms with Crippen LogP contribution in [0.3, 0.4) is 0 Å². The molecule has 0 unspecified atom stereocenters. The Hall–Kier alpha value is -3.15. The summed E-state index contributed by atoms with van der Waals surface area (Å²) in [6, 6.07) is 11.4. The second-order valence-corrected chi connectivity index (χ2v) is 4.28. The number of esters is 1. The molecule has 0 aliphatic rings. The van der Waals surface area contributed by atoms with Crippen LogP contribution in [-0.4, -0.2) is 21.0 Å². The number of pyridine rings is 2. The van der Waals surface area contributed by atoms with E-state index in [4.69, 9.17) is 4.74 Å². The first kappa shape index (κ1) is 12.9. The smallest absolute Gasteiger partial charge is 0.364 e. The number of hydrogen-bond donors (Lipinski definition) is 2. The second-order valence-electron chi connectivity index (χ2n) is 4.28. The van der Waals surface area contributed by atoms with Crippen LogP contribution < -0.4 is 10.3 Å². The van der Waals surface area contributed by atoms with E-state index < -0.39 is 17.3 Å². The molecule has 104 valence electrons. The van der Waals surface area contributed by atoms with E-state index in [-0.39, 0.29) is 16.6 Å². The van der Waals surface area contributed by atoms with E-state index in [1.807, 2.05) is 0 Å². The number of benzene rings is 1. The molecule has 1 aromatic carbocycles. The van der Waals surface area contributed by atoms with Crippen LogP contribution >= 0.6 is 0 Å². The fraction of sp³-hybridized carbons (Fsp3) is 0. The highest BCUT2D eigenvalue weighted by molar-refractivity contribution is 5.98. The second kappa shape index (κ2) is 5.09. The van der Waals surface area contributed by atoms with E-state index in [0.717, 1.165) is 0 Å². The van der Waals surface area contributed by atoms with Crippen molar-refractivity contribution >= 4 is 16.9 Å². The molecule has 2 heterocycles. The fourth-order valence-corrected chi connectivity index (χ4v) is 1.93. The molecular weight excluding hydrogens is 272 g/mol. The Kier molecular flexibility index (Phi) is 3.12. The Morgan fingerprint density at radius 2 is 1.90 bits per heavy atom. The highest BCUT2D eigenvalue weighted by Crippen LogP contribution is 2.23. The summed E-state index contributed by atoms with van der Waals surface area (Å²) >= 11 is 0. The molecule has 6 nitrogen and oxygen atoms in total. The Bertz CT molecular complexity index is 872. The van der Waals surface area contributed by atoms with Crippen molar-refractivity contribution in [3.8, 4) is 11.5 Å². The van der Waals surface area contributed by atoms with Crippen molar-refractivity contribution in [1.82, 2.24) is 9.97 Å². The molecular formula is C15H10N2O4. The van der Waals surface area contributed by atoms with Gasteiger partial charge in [0.25, 0.3) is 5.56 Å². The summed E-state index contributed by atoms with van der Waals surface area (Å²) in [5.74, 6) is -0.960. The average molecular weight is 282 g/mol. The van der Waals surface area contributed by atoms with Crippen molar-refractivity contribution in [2.75, 3.05) is 0 Å². The molecule has 0 aliphatic heterocycles. The van der Waals surface area contributed by atoms with E-state index in [9.17, 15) is 14.7 Å². The Balaban J connectivity index is 2.07. The lowest BCUT2D eigenvalue weighted by Crippen LogP contribution is -2.18. The number of carbonyl (C=O) groups excluding carboxylic acids is 1. The number of nitrogens with one attached hydrogen (secondary N) is 1. The normalized spacial score (nSPS) is 10.5. The molecule has 3 rings (SSSR count). The largest absolute Gasteiger partial charge is 0.504 e. The van der Waals surface area contributed by atoms with Crippen molar-refractivity contribution in [1.29, 1.82) is 0 Å². The van der Waals surface area contributed by atoms with Gasteiger partial charge in [-0.25, -0.2) is 4.79 Å². The minimum Gasteiger partial charge on any atom is -0.504 e. The lowest BCUT2D eigenvalue weighted by Gasteiger charge is -2.07. The maximum absolute atomic E-state index is 12.1. The van der Waals surface area contributed by atoms with Gasteiger partial charge in [0, 0.05) is 6.20 Å². The van der Waals surface area contributed by atoms with Crippen molar-refractivity contribution < 1.29 is 14.6 Å². The van der Waals surface area contributed by atoms with Crippen LogP contribution in [0.15, 0.2) is 53.5 Å². The van der Waals surface area contributed by atoms with Crippen LogP contribution in [0.2, 0.25) is 0 Å². The molecule has 3 aromatic rings. The fourth-order valence-electron chi connectivity index (χ4n) is 1.93. The highest BCUT2D eigenvalue weighted by atomic mass is 16.5. The van der Waals surface area contributed by atoms with E-state index in [1.165, 1.54) is 12.3 Å². The van der Waals surface area contributed by atoms with E-state index >= 15 is 0 Å². The van der Waals surface area contributed by atoms with Gasteiger partial charge in [-0.15, -0.1) is 0 Å². The van der Waals surface area contributed by atoms with Crippen molar-refractivity contribution in [2.24, 2.45) is 0 Å². The third kappa shape index (κ3) is 2.34. The van der Waals surface area contributed by atoms with Gasteiger partial charge in [0.2, 0.25) is 0 Å². The van der Waals surface area contributed by atoms with E-state index in [1.54, 1.807) is 36.4 Å². The number of aromatic nitrogens is 2. The summed E-state index contributed by atoms with van der Waals surface area (Å²) in [4.78, 5) is 30.2. The SMILES string of the molecule is O=C(Oc1ccccc1)c1[nH]c(=O)c2cccnc2c1O. The predicted octanol–water partition coefficient (Wildman–Crippen LogP) is 1.85. The molecule has 2 aromatic heterocycles. The average Bonchev–Trinajstić information content (AvgIpc) is 2.52. The zero-order chi connectivity index (χ0) is 14.8. The Morgan fingerprint density at radius 3 is 2.67 bits per heavy atom. The quantitative estimate of drug-likeness (QED) is 0.552. The molecule has 0 spiro atoms. The number of H-pyrrole nitrogens is 1. The van der Waals surface area contributed by atoms with Crippen LogP contribution in [0.1, 0.15) is 10.5 Å². The number of ether oxygens (including phenoxy) is 1. The molecule has 2 N–H and O–H groups in total. The van der Waals surface area contributed by atoms with Crippen molar-refractivity contribution in [3.05, 3.63) is 64.7 Å². The highest BCUT2D eigenvalue weighted by Gasteiger charge is 2.19. The maximum Gasteiger partial charge on any atom is 0.364 e. The number of rotatable bonds is 2. The van der Waals surface area contributed by atoms with Gasteiger partial charge in [-0.1, -0.05) is 18.2 Å². The Labute approximate surface area is 118 Å². The minimum absolute atomic E-state index is 0.0567. The van der Waals surface area contributed by atoms with Gasteiger partial charge in [0.15, 0.2) is 11.4 Å². The molecule has 21 heavy (non-hydrogen) atoms. The number of para-hydroxylation sites is 1. The molecule has 0 amide bonds. The van der Waals surface area contributed by atoms with Crippen molar-refractivity contribution in [2.45, 2.75) is 0 Å². The summed E-state index contributed by atoms with van der Waals surface area (Å²) in [5, 5.41) is 10.3. The minimum atomic E-state index is -0.858. The van der Waals surface area contributed by atoms with Gasteiger partial charge >= 0.3 is 5.97 Å². The maximum atomic E-state index is 12.1. The van der Waals surface area contributed by atoms with Crippen LogP contribution in [0, 0.1) is 0 Å². The van der Waals surface area contributed by atoms with Gasteiger partial charge in [-0.3, -0.25) is 9.78 Å². The zero-order valence-electron chi connectivity index (χ0n) is 10.7. The Morgan fingerprint density at radius 1 is 1.14 bits per heavy atom. The molecule has 6 heteroatoms. The number of aromatic amines is 1. The number of hydrogen-bond acceptors (Lipinski definition) is 5.